The lowest BCUT2D eigenvalue weighted by Gasteiger charge is -2.15. The molecule has 0 amide bonds. The van der Waals surface area contributed by atoms with Crippen LogP contribution in [0.25, 0.3) is 0 Å². The number of methoxy groups -OCH3 is 1. The summed E-state index contributed by atoms with van der Waals surface area (Å²) in [6.07, 6.45) is 0. The lowest BCUT2D eigenvalue weighted by Crippen LogP contribution is -2.18. The molecule has 0 aliphatic rings. The molecule has 1 atom stereocenters. The Morgan fingerprint density at radius 2 is 1.85 bits per heavy atom. The third-order valence-corrected chi connectivity index (χ3v) is 3.23. The summed E-state index contributed by atoms with van der Waals surface area (Å²) in [7, 11) is 1.43. The molecule has 2 aromatic rings. The standard InChI is InChI=1S/C16H17F2NO/c1-11(12-7-8-15(18)16(9-12)20-2)19-10-13-5-3-4-6-14(13)17/h3-9,11,19H,10H2,1-2H3. The van der Waals surface area contributed by atoms with Crippen LogP contribution in [-0.4, -0.2) is 7.11 Å². The monoisotopic (exact) mass is 277 g/mol. The van der Waals surface area contributed by atoms with Gasteiger partial charge >= 0.3 is 0 Å². The van der Waals surface area contributed by atoms with Crippen molar-refractivity contribution in [3.05, 3.63) is 65.2 Å². The van der Waals surface area contributed by atoms with Crippen molar-refractivity contribution in [3.8, 4) is 5.75 Å². The van der Waals surface area contributed by atoms with Gasteiger partial charge in [0.05, 0.1) is 7.11 Å². The second-order valence-electron chi connectivity index (χ2n) is 4.59. The second kappa shape index (κ2) is 6.48. The lowest BCUT2D eigenvalue weighted by molar-refractivity contribution is 0.385. The van der Waals surface area contributed by atoms with Gasteiger partial charge < -0.3 is 10.1 Å². The van der Waals surface area contributed by atoms with Crippen molar-refractivity contribution in [2.24, 2.45) is 0 Å². The van der Waals surface area contributed by atoms with Gasteiger partial charge in [-0.15, -0.1) is 0 Å². The van der Waals surface area contributed by atoms with Gasteiger partial charge in [0, 0.05) is 18.2 Å². The van der Waals surface area contributed by atoms with Gasteiger partial charge in [-0.05, 0) is 30.7 Å². The first-order valence-corrected chi connectivity index (χ1v) is 6.42. The molecule has 4 heteroatoms. The van der Waals surface area contributed by atoms with Crippen LogP contribution in [0.15, 0.2) is 42.5 Å². The maximum Gasteiger partial charge on any atom is 0.165 e. The second-order valence-corrected chi connectivity index (χ2v) is 4.59. The van der Waals surface area contributed by atoms with Crippen molar-refractivity contribution >= 4 is 0 Å². The fourth-order valence-electron chi connectivity index (χ4n) is 1.97. The van der Waals surface area contributed by atoms with Crippen molar-refractivity contribution < 1.29 is 13.5 Å². The first-order chi connectivity index (χ1) is 9.61. The number of rotatable bonds is 5. The average Bonchev–Trinajstić information content (AvgIpc) is 2.46. The van der Waals surface area contributed by atoms with Gasteiger partial charge in [-0.25, -0.2) is 8.78 Å². The Kier molecular flexibility index (Phi) is 4.69. The van der Waals surface area contributed by atoms with Crippen LogP contribution in [0.3, 0.4) is 0 Å². The number of benzene rings is 2. The Morgan fingerprint density at radius 3 is 2.55 bits per heavy atom. The molecule has 0 spiro atoms. The molecule has 0 saturated heterocycles. The minimum Gasteiger partial charge on any atom is -0.494 e. The van der Waals surface area contributed by atoms with Crippen molar-refractivity contribution in [3.63, 3.8) is 0 Å². The normalized spacial score (nSPS) is 12.2. The first-order valence-electron chi connectivity index (χ1n) is 6.42. The summed E-state index contributed by atoms with van der Waals surface area (Å²) in [5, 5.41) is 3.21. The van der Waals surface area contributed by atoms with Gasteiger partial charge in [0.15, 0.2) is 11.6 Å². The summed E-state index contributed by atoms with van der Waals surface area (Å²) in [6, 6.07) is 11.3. The Hall–Kier alpha value is -1.94. The highest BCUT2D eigenvalue weighted by Crippen LogP contribution is 2.22. The van der Waals surface area contributed by atoms with E-state index in [1.54, 1.807) is 30.3 Å². The largest absolute Gasteiger partial charge is 0.494 e. The Balaban J connectivity index is 2.05. The average molecular weight is 277 g/mol. The number of ether oxygens (including phenoxy) is 1. The SMILES string of the molecule is COc1cc(C(C)NCc2ccccc2F)ccc1F. The van der Waals surface area contributed by atoms with Crippen LogP contribution in [0.4, 0.5) is 8.78 Å². The van der Waals surface area contributed by atoms with Gasteiger partial charge in [-0.2, -0.15) is 0 Å². The third-order valence-electron chi connectivity index (χ3n) is 3.23. The molecule has 1 unspecified atom stereocenters. The molecule has 0 saturated carbocycles. The zero-order valence-corrected chi connectivity index (χ0v) is 11.5. The lowest BCUT2D eigenvalue weighted by atomic mass is 10.1. The Labute approximate surface area is 117 Å². The van der Waals surface area contributed by atoms with Crippen LogP contribution in [-0.2, 0) is 6.54 Å². The molecule has 2 rings (SSSR count). The van der Waals surface area contributed by atoms with Crippen LogP contribution < -0.4 is 10.1 Å². The fraction of sp³-hybridized carbons (Fsp3) is 0.250. The van der Waals surface area contributed by atoms with Crippen molar-refractivity contribution in [1.29, 1.82) is 0 Å². The van der Waals surface area contributed by atoms with E-state index in [-0.39, 0.29) is 17.6 Å². The van der Waals surface area contributed by atoms with Gasteiger partial charge in [-0.1, -0.05) is 24.3 Å². The van der Waals surface area contributed by atoms with E-state index in [0.717, 1.165) is 5.56 Å². The maximum absolute atomic E-state index is 13.5. The number of hydrogen-bond donors (Lipinski definition) is 1. The van der Waals surface area contributed by atoms with Crippen LogP contribution in [0.5, 0.6) is 5.75 Å². The third kappa shape index (κ3) is 3.33. The van der Waals surface area contributed by atoms with Crippen molar-refractivity contribution in [1.82, 2.24) is 5.32 Å². The van der Waals surface area contributed by atoms with E-state index in [1.807, 2.05) is 6.92 Å². The molecule has 1 N–H and O–H groups in total. The molecule has 0 aliphatic heterocycles. The molecule has 0 aromatic heterocycles. The quantitative estimate of drug-likeness (QED) is 0.897. The highest BCUT2D eigenvalue weighted by molar-refractivity contribution is 5.32. The maximum atomic E-state index is 13.5. The molecular weight excluding hydrogens is 260 g/mol. The van der Waals surface area contributed by atoms with E-state index in [0.29, 0.717) is 12.1 Å². The molecule has 0 radical (unpaired) electrons. The van der Waals surface area contributed by atoms with Crippen LogP contribution in [0, 0.1) is 11.6 Å². The van der Waals surface area contributed by atoms with E-state index in [1.165, 1.54) is 19.2 Å². The van der Waals surface area contributed by atoms with E-state index in [4.69, 9.17) is 4.74 Å². The predicted octanol–water partition coefficient (Wildman–Crippen LogP) is 3.82. The van der Waals surface area contributed by atoms with Crippen LogP contribution >= 0.6 is 0 Å². The molecular formula is C16H17F2NO. The Bertz CT molecular complexity index is 586. The summed E-state index contributed by atoms with van der Waals surface area (Å²) in [5.74, 6) is -0.413. The first kappa shape index (κ1) is 14.5. The highest BCUT2D eigenvalue weighted by atomic mass is 19.1. The smallest absolute Gasteiger partial charge is 0.165 e. The molecule has 0 heterocycles. The molecule has 2 aromatic carbocycles. The molecule has 20 heavy (non-hydrogen) atoms. The van der Waals surface area contributed by atoms with Crippen LogP contribution in [0.2, 0.25) is 0 Å². The van der Waals surface area contributed by atoms with E-state index in [9.17, 15) is 8.78 Å². The summed E-state index contributed by atoms with van der Waals surface area (Å²) in [6.45, 7) is 2.35. The van der Waals surface area contributed by atoms with Crippen LogP contribution in [0.1, 0.15) is 24.1 Å². The van der Waals surface area contributed by atoms with Crippen molar-refractivity contribution in [2.75, 3.05) is 7.11 Å². The summed E-state index contributed by atoms with van der Waals surface area (Å²) < 4.78 is 31.8. The van der Waals surface area contributed by atoms with Gasteiger partial charge in [-0.3, -0.25) is 0 Å². The minimum absolute atomic E-state index is 0.0379. The number of hydrogen-bond acceptors (Lipinski definition) is 2. The Morgan fingerprint density at radius 1 is 1.10 bits per heavy atom. The summed E-state index contributed by atoms with van der Waals surface area (Å²) in [4.78, 5) is 0. The molecule has 0 fully saturated rings. The predicted molar refractivity (Wildman–Crippen MR) is 74.6 cm³/mol. The molecule has 2 nitrogen and oxygen atoms in total. The molecule has 0 bridgehead atoms. The fourth-order valence-corrected chi connectivity index (χ4v) is 1.97. The van der Waals surface area contributed by atoms with E-state index in [2.05, 4.69) is 5.32 Å². The topological polar surface area (TPSA) is 21.3 Å². The highest BCUT2D eigenvalue weighted by Gasteiger charge is 2.10. The van der Waals surface area contributed by atoms with Crippen molar-refractivity contribution in [2.45, 2.75) is 19.5 Å². The van der Waals surface area contributed by atoms with Gasteiger partial charge in [0.1, 0.15) is 5.82 Å². The summed E-state index contributed by atoms with van der Waals surface area (Å²) >= 11 is 0. The number of nitrogens with one attached hydrogen (secondary N) is 1. The van der Waals surface area contributed by atoms with E-state index < -0.39 is 5.82 Å². The minimum atomic E-state index is -0.391. The van der Waals surface area contributed by atoms with E-state index >= 15 is 0 Å². The van der Waals surface area contributed by atoms with Gasteiger partial charge in [0.2, 0.25) is 0 Å². The summed E-state index contributed by atoms with van der Waals surface area (Å²) in [5.41, 5.74) is 1.49. The number of halogens is 2. The van der Waals surface area contributed by atoms with Gasteiger partial charge in [0.25, 0.3) is 0 Å². The zero-order chi connectivity index (χ0) is 14.5. The molecule has 106 valence electrons. The zero-order valence-electron chi connectivity index (χ0n) is 11.5. The molecule has 0 aliphatic carbocycles.